The molecule has 0 spiro atoms. The Bertz CT molecular complexity index is 384. The molecule has 0 saturated carbocycles. The van der Waals surface area contributed by atoms with E-state index in [0.717, 1.165) is 5.56 Å². The fraction of sp³-hybridized carbons (Fsp3) is 0.250. The van der Waals surface area contributed by atoms with Gasteiger partial charge in [-0.15, -0.1) is 0 Å². The minimum Gasteiger partial charge on any atom is -0.315 e. The highest BCUT2D eigenvalue weighted by molar-refractivity contribution is 6.03. The maximum Gasteiger partial charge on any atom is 0.300 e. The molecule has 0 saturated heterocycles. The van der Waals surface area contributed by atoms with Crippen LogP contribution in [0.4, 0.5) is 5.69 Å². The highest BCUT2D eigenvalue weighted by Gasteiger charge is 1.97. The molecule has 15 heavy (non-hydrogen) atoms. The highest BCUT2D eigenvalue weighted by Crippen LogP contribution is 2.09. The second-order valence-electron chi connectivity index (χ2n) is 2.98. The molecule has 3 nitrogen and oxygen atoms in total. The van der Waals surface area contributed by atoms with Crippen molar-refractivity contribution in [3.05, 3.63) is 29.8 Å². The first kappa shape index (κ1) is 11.3. The molecular formula is C12H12NO2. The van der Waals surface area contributed by atoms with Crippen molar-refractivity contribution in [1.82, 2.24) is 0 Å². The van der Waals surface area contributed by atoms with Crippen LogP contribution in [-0.2, 0) is 16.3 Å². The van der Waals surface area contributed by atoms with E-state index in [1.54, 1.807) is 19.1 Å². The fourth-order valence-electron chi connectivity index (χ4n) is 1.15. The van der Waals surface area contributed by atoms with Gasteiger partial charge in [-0.3, -0.25) is 4.79 Å². The van der Waals surface area contributed by atoms with Crippen LogP contribution in [-0.4, -0.2) is 12.5 Å². The van der Waals surface area contributed by atoms with E-state index in [1.807, 2.05) is 12.1 Å². The lowest BCUT2D eigenvalue weighted by molar-refractivity contribution is -0.111. The summed E-state index contributed by atoms with van der Waals surface area (Å²) in [6, 6.07) is 7.18. The summed E-state index contributed by atoms with van der Waals surface area (Å²) in [6.45, 7) is 1.49. The molecule has 77 valence electrons. The first-order chi connectivity index (χ1) is 7.26. The normalized spacial score (nSPS) is 8.93. The Morgan fingerprint density at radius 2 is 2.00 bits per heavy atom. The van der Waals surface area contributed by atoms with Crippen molar-refractivity contribution in [2.24, 2.45) is 0 Å². The summed E-state index contributed by atoms with van der Waals surface area (Å²) in [5.41, 5.74) is 1.67. The molecule has 0 fully saturated rings. The van der Waals surface area contributed by atoms with E-state index >= 15 is 0 Å². The van der Waals surface area contributed by atoms with Crippen LogP contribution < -0.4 is 5.32 Å². The number of carbonyl (C=O) groups is 1. The smallest absolute Gasteiger partial charge is 0.300 e. The molecule has 0 atom stereocenters. The highest BCUT2D eigenvalue weighted by atomic mass is 16.2. The monoisotopic (exact) mass is 202 g/mol. The first-order valence-electron chi connectivity index (χ1n) is 4.67. The maximum absolute atomic E-state index is 11.1. The van der Waals surface area contributed by atoms with E-state index in [-0.39, 0.29) is 12.5 Å². The minimum absolute atomic E-state index is 0.118. The first-order valence-corrected chi connectivity index (χ1v) is 4.67. The third-order valence-corrected chi connectivity index (χ3v) is 1.84. The molecule has 0 aliphatic carbocycles. The van der Waals surface area contributed by atoms with Crippen molar-refractivity contribution < 1.29 is 9.90 Å². The van der Waals surface area contributed by atoms with Gasteiger partial charge in [0.2, 0.25) is 0 Å². The Morgan fingerprint density at radius 3 is 2.53 bits per heavy atom. The van der Waals surface area contributed by atoms with Crippen LogP contribution in [0.5, 0.6) is 0 Å². The topological polar surface area (TPSA) is 49.0 Å². The Balaban J connectivity index is 2.62. The number of hydrogen-bond donors (Lipinski definition) is 1. The van der Waals surface area contributed by atoms with Crippen LogP contribution in [0.15, 0.2) is 24.3 Å². The zero-order valence-corrected chi connectivity index (χ0v) is 8.54. The van der Waals surface area contributed by atoms with Crippen molar-refractivity contribution in [2.45, 2.75) is 13.3 Å². The van der Waals surface area contributed by atoms with Gasteiger partial charge in [0.15, 0.2) is 0 Å². The second-order valence-corrected chi connectivity index (χ2v) is 2.98. The second kappa shape index (κ2) is 5.84. The number of amides is 1. The number of anilines is 1. The molecule has 0 aliphatic heterocycles. The largest absolute Gasteiger partial charge is 0.315 e. The summed E-state index contributed by atoms with van der Waals surface area (Å²) in [4.78, 5) is 11.1. The molecule has 1 N–H and O–H groups in total. The predicted octanol–water partition coefficient (Wildman–Crippen LogP) is 1.62. The van der Waals surface area contributed by atoms with Gasteiger partial charge in [-0.1, -0.05) is 18.1 Å². The molecule has 3 heteroatoms. The van der Waals surface area contributed by atoms with Gasteiger partial charge in [-0.05, 0) is 37.0 Å². The molecule has 0 unspecified atom stereocenters. The Kier molecular flexibility index (Phi) is 4.39. The van der Waals surface area contributed by atoms with Gasteiger partial charge in [0.05, 0.1) is 6.61 Å². The lowest BCUT2D eigenvalue weighted by Crippen LogP contribution is -2.08. The summed E-state index contributed by atoms with van der Waals surface area (Å²) in [6.07, 6.45) is 0.517. The van der Waals surface area contributed by atoms with Crippen LogP contribution in [0.2, 0.25) is 0 Å². The lowest BCUT2D eigenvalue weighted by Gasteiger charge is -2.02. The quantitative estimate of drug-likeness (QED) is 0.744. The molecule has 0 heterocycles. The van der Waals surface area contributed by atoms with Crippen molar-refractivity contribution >= 4 is 11.6 Å². The van der Waals surface area contributed by atoms with Crippen LogP contribution in [0.25, 0.3) is 0 Å². The molecular weight excluding hydrogens is 190 g/mol. The standard InChI is InChI=1S/C12H12NO2/c1-2-3-12(15)13-11-6-4-10(5-7-11)8-9-14/h4-7H,8-9H2,1H3,(H,13,15). The Labute approximate surface area is 89.1 Å². The van der Waals surface area contributed by atoms with E-state index in [9.17, 15) is 9.90 Å². The van der Waals surface area contributed by atoms with Gasteiger partial charge < -0.3 is 5.32 Å². The van der Waals surface area contributed by atoms with Crippen LogP contribution in [0, 0.1) is 11.8 Å². The van der Waals surface area contributed by atoms with E-state index in [2.05, 4.69) is 17.2 Å². The number of hydrogen-bond acceptors (Lipinski definition) is 1. The number of nitrogens with one attached hydrogen (secondary N) is 1. The van der Waals surface area contributed by atoms with E-state index in [4.69, 9.17) is 0 Å². The summed E-state index contributed by atoms with van der Waals surface area (Å²) < 4.78 is 0. The summed E-state index contributed by atoms with van der Waals surface area (Å²) >= 11 is 0. The number of carbonyl (C=O) groups excluding carboxylic acids is 1. The molecule has 0 aromatic heterocycles. The lowest BCUT2D eigenvalue weighted by atomic mass is 10.1. The number of rotatable bonds is 3. The minimum atomic E-state index is -0.325. The molecule has 1 aromatic rings. The van der Waals surface area contributed by atoms with Gasteiger partial charge in [0.1, 0.15) is 0 Å². The summed E-state index contributed by atoms with van der Waals surface area (Å²) in [5, 5.41) is 13.0. The molecule has 1 amide bonds. The molecule has 1 aromatic carbocycles. The van der Waals surface area contributed by atoms with Crippen molar-refractivity contribution in [3.8, 4) is 11.8 Å². The zero-order chi connectivity index (χ0) is 11.1. The number of benzene rings is 1. The van der Waals surface area contributed by atoms with Gasteiger partial charge in [-0.25, -0.2) is 5.11 Å². The SMILES string of the molecule is CC#CC(=O)Nc1ccc(CC[O])cc1. The third-order valence-electron chi connectivity index (χ3n) is 1.84. The fourth-order valence-corrected chi connectivity index (χ4v) is 1.15. The zero-order valence-electron chi connectivity index (χ0n) is 8.54. The van der Waals surface area contributed by atoms with Crippen molar-refractivity contribution in [3.63, 3.8) is 0 Å². The van der Waals surface area contributed by atoms with E-state index < -0.39 is 0 Å². The predicted molar refractivity (Wildman–Crippen MR) is 57.8 cm³/mol. The van der Waals surface area contributed by atoms with Crippen LogP contribution in [0.1, 0.15) is 12.5 Å². The summed E-state index contributed by atoms with van der Waals surface area (Å²) in [7, 11) is 0. The van der Waals surface area contributed by atoms with E-state index in [1.165, 1.54) is 0 Å². The third kappa shape index (κ3) is 3.84. The average molecular weight is 202 g/mol. The van der Waals surface area contributed by atoms with E-state index in [0.29, 0.717) is 12.1 Å². The molecule has 1 radical (unpaired) electrons. The van der Waals surface area contributed by atoms with Crippen LogP contribution >= 0.6 is 0 Å². The maximum atomic E-state index is 11.1. The van der Waals surface area contributed by atoms with Crippen molar-refractivity contribution in [2.75, 3.05) is 11.9 Å². The molecule has 0 bridgehead atoms. The Morgan fingerprint density at radius 1 is 1.33 bits per heavy atom. The molecule has 1 rings (SSSR count). The Hall–Kier alpha value is -1.79. The average Bonchev–Trinajstić information content (AvgIpc) is 2.22. The van der Waals surface area contributed by atoms with Gasteiger partial charge >= 0.3 is 0 Å². The summed E-state index contributed by atoms with van der Waals surface area (Å²) in [5.74, 6) is 4.57. The van der Waals surface area contributed by atoms with Gasteiger partial charge in [0, 0.05) is 5.69 Å². The van der Waals surface area contributed by atoms with Gasteiger partial charge in [0.25, 0.3) is 5.91 Å². The van der Waals surface area contributed by atoms with Gasteiger partial charge in [-0.2, -0.15) is 0 Å². The van der Waals surface area contributed by atoms with Crippen LogP contribution in [0.3, 0.4) is 0 Å². The van der Waals surface area contributed by atoms with Crippen molar-refractivity contribution in [1.29, 1.82) is 0 Å². The molecule has 0 aliphatic rings.